The molecule has 0 aromatic carbocycles. The van der Waals surface area contributed by atoms with Crippen molar-refractivity contribution in [2.24, 2.45) is 7.05 Å². The summed E-state index contributed by atoms with van der Waals surface area (Å²) in [5.41, 5.74) is 4.49. The van der Waals surface area contributed by atoms with E-state index >= 15 is 0 Å². The summed E-state index contributed by atoms with van der Waals surface area (Å²) >= 11 is 0. The van der Waals surface area contributed by atoms with Gasteiger partial charge in [-0.05, 0) is 6.07 Å². The fraction of sp³-hybridized carbons (Fsp3) is 0.250. The quantitative estimate of drug-likeness (QED) is 0.804. The van der Waals surface area contributed by atoms with Crippen LogP contribution in [0.5, 0.6) is 0 Å². The molecule has 2 aromatic heterocycles. The lowest BCUT2D eigenvalue weighted by atomic mass is 10.2. The van der Waals surface area contributed by atoms with Gasteiger partial charge < -0.3 is 5.73 Å². The van der Waals surface area contributed by atoms with Gasteiger partial charge in [0.1, 0.15) is 5.69 Å². The maximum Gasteiger partial charge on any atom is 0.433 e. The minimum Gasteiger partial charge on any atom is -0.368 e. The average Bonchev–Trinajstić information content (AvgIpc) is 2.62. The van der Waals surface area contributed by atoms with Crippen LogP contribution < -0.4 is 5.73 Å². The number of anilines is 1. The molecule has 0 atom stereocenters. The molecule has 0 aliphatic heterocycles. The van der Waals surface area contributed by atoms with Gasteiger partial charge in [-0.3, -0.25) is 0 Å². The molecular formula is C8H7F3N6. The number of aromatic nitrogens is 5. The molecule has 0 aliphatic rings. The lowest BCUT2D eigenvalue weighted by Gasteiger charge is -2.08. The monoisotopic (exact) mass is 244 g/mol. The molecule has 0 amide bonds. The largest absolute Gasteiger partial charge is 0.433 e. The standard InChI is InChI=1S/C8H7F3N6/c1-17-5(3-13-16-17)4-2-6(8(9,10)11)15-7(12)14-4/h2-3H,1H3,(H2,12,14,15). The van der Waals surface area contributed by atoms with Crippen LogP contribution in [0, 0.1) is 0 Å². The van der Waals surface area contributed by atoms with Crippen LogP contribution in [0.1, 0.15) is 5.69 Å². The lowest BCUT2D eigenvalue weighted by Crippen LogP contribution is -2.11. The number of aryl methyl sites for hydroxylation is 1. The number of hydrogen-bond acceptors (Lipinski definition) is 5. The summed E-state index contributed by atoms with van der Waals surface area (Å²) < 4.78 is 38.8. The number of halogens is 3. The highest BCUT2D eigenvalue weighted by molar-refractivity contribution is 5.55. The third-order valence-electron chi connectivity index (χ3n) is 2.01. The van der Waals surface area contributed by atoms with E-state index in [4.69, 9.17) is 5.73 Å². The molecular weight excluding hydrogens is 237 g/mol. The van der Waals surface area contributed by atoms with Crippen LogP contribution in [0.4, 0.5) is 19.1 Å². The van der Waals surface area contributed by atoms with E-state index in [2.05, 4.69) is 20.3 Å². The Bertz CT molecular complexity index is 546. The molecule has 2 N–H and O–H groups in total. The summed E-state index contributed by atoms with van der Waals surface area (Å²) in [6.07, 6.45) is -3.28. The van der Waals surface area contributed by atoms with Crippen LogP contribution in [-0.4, -0.2) is 25.0 Å². The number of alkyl halides is 3. The second kappa shape index (κ2) is 3.68. The van der Waals surface area contributed by atoms with E-state index < -0.39 is 17.8 Å². The van der Waals surface area contributed by atoms with Crippen molar-refractivity contribution in [2.45, 2.75) is 6.18 Å². The molecule has 9 heteroatoms. The summed E-state index contributed by atoms with van der Waals surface area (Å²) in [5, 5.41) is 7.15. The summed E-state index contributed by atoms with van der Waals surface area (Å²) in [7, 11) is 1.54. The zero-order valence-corrected chi connectivity index (χ0v) is 8.60. The molecule has 2 rings (SSSR count). The molecule has 2 aromatic rings. The summed E-state index contributed by atoms with van der Waals surface area (Å²) in [6, 6.07) is 0.801. The summed E-state index contributed by atoms with van der Waals surface area (Å²) in [6.45, 7) is 0. The molecule has 0 aliphatic carbocycles. The minimum absolute atomic E-state index is 0.0253. The van der Waals surface area contributed by atoms with Crippen LogP contribution in [-0.2, 0) is 13.2 Å². The van der Waals surface area contributed by atoms with Crippen molar-refractivity contribution in [3.8, 4) is 11.4 Å². The molecule has 2 heterocycles. The molecule has 0 saturated heterocycles. The number of nitrogen functional groups attached to an aromatic ring is 1. The van der Waals surface area contributed by atoms with Gasteiger partial charge in [0.05, 0.1) is 11.9 Å². The zero-order valence-electron chi connectivity index (χ0n) is 8.60. The average molecular weight is 244 g/mol. The number of rotatable bonds is 1. The number of nitrogens with two attached hydrogens (primary N) is 1. The third-order valence-corrected chi connectivity index (χ3v) is 2.01. The fourth-order valence-corrected chi connectivity index (χ4v) is 1.26. The van der Waals surface area contributed by atoms with Crippen molar-refractivity contribution in [3.05, 3.63) is 18.0 Å². The van der Waals surface area contributed by atoms with Gasteiger partial charge in [-0.15, -0.1) is 5.10 Å². The Balaban J connectivity index is 2.57. The second-order valence-corrected chi connectivity index (χ2v) is 3.24. The fourth-order valence-electron chi connectivity index (χ4n) is 1.26. The van der Waals surface area contributed by atoms with Crippen LogP contribution in [0.3, 0.4) is 0 Å². The van der Waals surface area contributed by atoms with E-state index in [1.807, 2.05) is 0 Å². The normalized spacial score (nSPS) is 11.8. The SMILES string of the molecule is Cn1nncc1-c1cc(C(F)(F)F)nc(N)n1. The van der Waals surface area contributed by atoms with Gasteiger partial charge >= 0.3 is 6.18 Å². The Labute approximate surface area is 93.3 Å². The predicted molar refractivity (Wildman–Crippen MR) is 51.4 cm³/mol. The topological polar surface area (TPSA) is 82.5 Å². The lowest BCUT2D eigenvalue weighted by molar-refractivity contribution is -0.141. The summed E-state index contributed by atoms with van der Waals surface area (Å²) in [4.78, 5) is 6.85. The van der Waals surface area contributed by atoms with Crippen molar-refractivity contribution >= 4 is 5.95 Å². The van der Waals surface area contributed by atoms with Gasteiger partial charge in [-0.1, -0.05) is 5.21 Å². The maximum atomic E-state index is 12.5. The molecule has 0 unspecified atom stereocenters. The van der Waals surface area contributed by atoms with Gasteiger partial charge in [0.2, 0.25) is 5.95 Å². The Morgan fingerprint density at radius 3 is 2.53 bits per heavy atom. The van der Waals surface area contributed by atoms with E-state index in [1.165, 1.54) is 17.9 Å². The van der Waals surface area contributed by atoms with Gasteiger partial charge in [0, 0.05) is 7.05 Å². The zero-order chi connectivity index (χ0) is 12.6. The van der Waals surface area contributed by atoms with E-state index in [0.29, 0.717) is 5.69 Å². The maximum absolute atomic E-state index is 12.5. The van der Waals surface area contributed by atoms with Crippen LogP contribution in [0.25, 0.3) is 11.4 Å². The first-order valence-electron chi connectivity index (χ1n) is 4.45. The first kappa shape index (κ1) is 11.3. The van der Waals surface area contributed by atoms with Crippen molar-refractivity contribution in [2.75, 3.05) is 5.73 Å². The highest BCUT2D eigenvalue weighted by atomic mass is 19.4. The van der Waals surface area contributed by atoms with E-state index in [-0.39, 0.29) is 5.69 Å². The van der Waals surface area contributed by atoms with Crippen LogP contribution >= 0.6 is 0 Å². The molecule has 0 fully saturated rings. The number of hydrogen-bond donors (Lipinski definition) is 1. The smallest absolute Gasteiger partial charge is 0.368 e. The Hall–Kier alpha value is -2.19. The van der Waals surface area contributed by atoms with Crippen LogP contribution in [0.15, 0.2) is 12.3 Å². The highest BCUT2D eigenvalue weighted by Crippen LogP contribution is 2.30. The minimum atomic E-state index is -4.57. The van der Waals surface area contributed by atoms with Crippen molar-refractivity contribution < 1.29 is 13.2 Å². The van der Waals surface area contributed by atoms with Gasteiger partial charge in [-0.2, -0.15) is 13.2 Å². The first-order chi connectivity index (χ1) is 7.88. The van der Waals surface area contributed by atoms with E-state index in [9.17, 15) is 13.2 Å². The molecule has 17 heavy (non-hydrogen) atoms. The highest BCUT2D eigenvalue weighted by Gasteiger charge is 2.33. The van der Waals surface area contributed by atoms with Crippen molar-refractivity contribution in [1.82, 2.24) is 25.0 Å². The molecule has 0 saturated carbocycles. The van der Waals surface area contributed by atoms with E-state index in [0.717, 1.165) is 6.07 Å². The van der Waals surface area contributed by atoms with Crippen LogP contribution in [0.2, 0.25) is 0 Å². The first-order valence-corrected chi connectivity index (χ1v) is 4.45. The molecule has 90 valence electrons. The molecule has 6 nitrogen and oxygen atoms in total. The van der Waals surface area contributed by atoms with Gasteiger partial charge in [0.15, 0.2) is 5.69 Å². The van der Waals surface area contributed by atoms with E-state index in [1.54, 1.807) is 0 Å². The van der Waals surface area contributed by atoms with Crippen molar-refractivity contribution in [3.63, 3.8) is 0 Å². The van der Waals surface area contributed by atoms with Crippen molar-refractivity contribution in [1.29, 1.82) is 0 Å². The third kappa shape index (κ3) is 2.17. The molecule has 0 bridgehead atoms. The number of nitrogens with zero attached hydrogens (tertiary/aromatic N) is 5. The van der Waals surface area contributed by atoms with Gasteiger partial charge in [0.25, 0.3) is 0 Å². The Morgan fingerprint density at radius 2 is 2.00 bits per heavy atom. The predicted octanol–water partition coefficient (Wildman–Crippen LogP) is 0.873. The van der Waals surface area contributed by atoms with Gasteiger partial charge in [-0.25, -0.2) is 14.6 Å². The molecule has 0 spiro atoms. The summed E-state index contributed by atoms with van der Waals surface area (Å²) in [5.74, 6) is -0.448. The Morgan fingerprint density at radius 1 is 1.29 bits per heavy atom. The second-order valence-electron chi connectivity index (χ2n) is 3.24. The Kier molecular flexibility index (Phi) is 2.45. The molecule has 0 radical (unpaired) electrons.